The number of rotatable bonds is 7. The summed E-state index contributed by atoms with van der Waals surface area (Å²) < 4.78 is 25.7. The number of amides is 1. The van der Waals surface area contributed by atoms with Crippen LogP contribution in [0.25, 0.3) is 0 Å². The first-order valence-corrected chi connectivity index (χ1v) is 7.26. The van der Waals surface area contributed by atoms with Crippen molar-refractivity contribution in [1.82, 2.24) is 19.8 Å². The molecule has 0 atom stereocenters. The third-order valence-corrected chi connectivity index (χ3v) is 3.90. The van der Waals surface area contributed by atoms with Crippen molar-refractivity contribution >= 4 is 15.9 Å². The van der Waals surface area contributed by atoms with Crippen LogP contribution in [0.15, 0.2) is 17.3 Å². The molecule has 0 bridgehead atoms. The van der Waals surface area contributed by atoms with Gasteiger partial charge in [0.15, 0.2) is 5.03 Å². The van der Waals surface area contributed by atoms with Crippen molar-refractivity contribution in [2.24, 2.45) is 0 Å². The quantitative estimate of drug-likeness (QED) is 0.728. The van der Waals surface area contributed by atoms with Crippen LogP contribution >= 0.6 is 0 Å². The molecule has 0 unspecified atom stereocenters. The zero-order valence-electron chi connectivity index (χ0n) is 10.5. The molecule has 18 heavy (non-hydrogen) atoms. The van der Waals surface area contributed by atoms with Crippen LogP contribution in [-0.2, 0) is 14.8 Å². The number of aromatic nitrogens is 2. The van der Waals surface area contributed by atoms with Crippen LogP contribution in [0, 0.1) is 0 Å². The first kappa shape index (κ1) is 14.7. The summed E-state index contributed by atoms with van der Waals surface area (Å²) in [5.41, 5.74) is 0. The van der Waals surface area contributed by atoms with Gasteiger partial charge in [-0.15, -0.1) is 0 Å². The van der Waals surface area contributed by atoms with E-state index in [1.54, 1.807) is 4.90 Å². The van der Waals surface area contributed by atoms with Gasteiger partial charge < -0.3 is 4.90 Å². The zero-order valence-corrected chi connectivity index (χ0v) is 11.3. The van der Waals surface area contributed by atoms with Crippen molar-refractivity contribution in [3.8, 4) is 0 Å². The van der Waals surface area contributed by atoms with Crippen molar-refractivity contribution in [1.29, 1.82) is 0 Å². The van der Waals surface area contributed by atoms with E-state index in [9.17, 15) is 13.2 Å². The Balaban J connectivity index is 2.45. The zero-order chi connectivity index (χ0) is 13.6. The molecule has 0 aliphatic carbocycles. The highest BCUT2D eigenvalue weighted by Crippen LogP contribution is 2.02. The fraction of sp³-hybridized carbons (Fsp3) is 0.600. The van der Waals surface area contributed by atoms with E-state index in [1.807, 2.05) is 13.8 Å². The number of nitrogens with one attached hydrogen (secondary N) is 2. The molecule has 7 nitrogen and oxygen atoms in total. The molecule has 1 amide bonds. The normalized spacial score (nSPS) is 11.4. The van der Waals surface area contributed by atoms with Gasteiger partial charge in [-0.2, -0.15) is 5.10 Å². The second kappa shape index (κ2) is 6.50. The first-order valence-electron chi connectivity index (χ1n) is 5.78. The van der Waals surface area contributed by atoms with Gasteiger partial charge in [0, 0.05) is 26.1 Å². The standard InChI is InChI=1S/C10H18N4O3S/c1-3-14(4-2)10(15)6-8-12-18(16,17)9-5-7-11-13-9/h5,7,12H,3-4,6,8H2,1-2H3,(H,11,13). The lowest BCUT2D eigenvalue weighted by Gasteiger charge is -2.18. The lowest BCUT2D eigenvalue weighted by atomic mass is 10.3. The maximum atomic E-state index is 11.7. The molecule has 0 saturated carbocycles. The third-order valence-electron chi connectivity index (χ3n) is 2.51. The fourth-order valence-corrected chi connectivity index (χ4v) is 2.44. The Morgan fingerprint density at radius 1 is 1.44 bits per heavy atom. The summed E-state index contributed by atoms with van der Waals surface area (Å²) in [6.07, 6.45) is 1.50. The number of sulfonamides is 1. The first-order chi connectivity index (χ1) is 8.51. The van der Waals surface area contributed by atoms with Crippen LogP contribution in [0.4, 0.5) is 0 Å². The second-order valence-corrected chi connectivity index (χ2v) is 5.37. The number of H-pyrrole nitrogens is 1. The van der Waals surface area contributed by atoms with Crippen LogP contribution < -0.4 is 4.72 Å². The molecule has 102 valence electrons. The average molecular weight is 274 g/mol. The minimum Gasteiger partial charge on any atom is -0.343 e. The molecule has 1 rings (SSSR count). The summed E-state index contributed by atoms with van der Waals surface area (Å²) in [4.78, 5) is 13.3. The van der Waals surface area contributed by atoms with E-state index in [1.165, 1.54) is 12.3 Å². The van der Waals surface area contributed by atoms with Crippen LogP contribution in [0.5, 0.6) is 0 Å². The number of hydrogen-bond acceptors (Lipinski definition) is 4. The molecule has 8 heteroatoms. The Hall–Kier alpha value is -1.41. The molecule has 1 heterocycles. The van der Waals surface area contributed by atoms with Crippen LogP contribution in [0.3, 0.4) is 0 Å². The van der Waals surface area contributed by atoms with E-state index in [-0.39, 0.29) is 23.9 Å². The number of hydrogen-bond donors (Lipinski definition) is 2. The van der Waals surface area contributed by atoms with Crippen LogP contribution in [-0.4, -0.2) is 49.1 Å². The lowest BCUT2D eigenvalue weighted by molar-refractivity contribution is -0.130. The molecule has 0 spiro atoms. The molecule has 0 aromatic carbocycles. The van der Waals surface area contributed by atoms with Crippen molar-refractivity contribution in [2.75, 3.05) is 19.6 Å². The summed E-state index contributed by atoms with van der Waals surface area (Å²) in [6, 6.07) is 1.36. The average Bonchev–Trinajstić information content (AvgIpc) is 2.84. The Morgan fingerprint density at radius 3 is 2.61 bits per heavy atom. The van der Waals surface area contributed by atoms with Crippen molar-refractivity contribution in [2.45, 2.75) is 25.3 Å². The maximum absolute atomic E-state index is 11.7. The second-order valence-electron chi connectivity index (χ2n) is 3.63. The third kappa shape index (κ3) is 3.81. The molecule has 0 radical (unpaired) electrons. The minimum absolute atomic E-state index is 0.00205. The summed E-state index contributed by atoms with van der Waals surface area (Å²) in [5, 5.41) is 5.93. The van der Waals surface area contributed by atoms with Crippen LogP contribution in [0.1, 0.15) is 20.3 Å². The minimum atomic E-state index is -3.59. The van der Waals surface area contributed by atoms with Gasteiger partial charge in [0.1, 0.15) is 0 Å². The van der Waals surface area contributed by atoms with E-state index in [4.69, 9.17) is 0 Å². The van der Waals surface area contributed by atoms with Gasteiger partial charge in [0.05, 0.1) is 6.20 Å². The number of nitrogens with zero attached hydrogens (tertiary/aromatic N) is 2. The van der Waals surface area contributed by atoms with E-state index in [2.05, 4.69) is 14.9 Å². The van der Waals surface area contributed by atoms with Gasteiger partial charge in [-0.1, -0.05) is 0 Å². The van der Waals surface area contributed by atoms with E-state index in [0.717, 1.165) is 0 Å². The molecule has 0 aliphatic heterocycles. The summed E-state index contributed by atoms with van der Waals surface area (Å²) >= 11 is 0. The fourth-order valence-electron chi connectivity index (χ4n) is 1.50. The maximum Gasteiger partial charge on any atom is 0.257 e. The molecule has 0 saturated heterocycles. The highest BCUT2D eigenvalue weighted by molar-refractivity contribution is 7.89. The predicted molar refractivity (Wildman–Crippen MR) is 66.3 cm³/mol. The Labute approximate surface area is 107 Å². The Morgan fingerprint density at radius 2 is 2.11 bits per heavy atom. The monoisotopic (exact) mass is 274 g/mol. The predicted octanol–water partition coefficient (Wildman–Crippen LogP) is -0.0535. The number of carbonyl (C=O) groups excluding carboxylic acids is 1. The highest BCUT2D eigenvalue weighted by atomic mass is 32.2. The molecule has 1 aromatic heterocycles. The molecule has 2 N–H and O–H groups in total. The van der Waals surface area contributed by atoms with Crippen molar-refractivity contribution < 1.29 is 13.2 Å². The van der Waals surface area contributed by atoms with Gasteiger partial charge in [0.2, 0.25) is 5.91 Å². The van der Waals surface area contributed by atoms with E-state index >= 15 is 0 Å². The van der Waals surface area contributed by atoms with Gasteiger partial charge >= 0.3 is 0 Å². The molecular weight excluding hydrogens is 256 g/mol. The van der Waals surface area contributed by atoms with E-state index < -0.39 is 10.0 Å². The summed E-state index contributed by atoms with van der Waals surface area (Å²) in [5.74, 6) is -0.0627. The SMILES string of the molecule is CCN(CC)C(=O)CCNS(=O)(=O)c1ccn[nH]1. The van der Waals surface area contributed by atoms with Crippen molar-refractivity contribution in [3.63, 3.8) is 0 Å². The molecular formula is C10H18N4O3S. The summed E-state index contributed by atoms with van der Waals surface area (Å²) in [6.45, 7) is 5.11. The Kier molecular flexibility index (Phi) is 5.29. The van der Waals surface area contributed by atoms with Crippen molar-refractivity contribution in [3.05, 3.63) is 12.3 Å². The highest BCUT2D eigenvalue weighted by Gasteiger charge is 2.16. The van der Waals surface area contributed by atoms with Gasteiger partial charge in [-0.3, -0.25) is 9.89 Å². The topological polar surface area (TPSA) is 95.2 Å². The smallest absolute Gasteiger partial charge is 0.257 e. The summed E-state index contributed by atoms with van der Waals surface area (Å²) in [7, 11) is -3.59. The van der Waals surface area contributed by atoms with Crippen LogP contribution in [0.2, 0.25) is 0 Å². The van der Waals surface area contributed by atoms with Gasteiger partial charge in [-0.05, 0) is 19.9 Å². The molecule has 1 aromatic rings. The number of aromatic amines is 1. The van der Waals surface area contributed by atoms with Gasteiger partial charge in [0.25, 0.3) is 10.0 Å². The Bertz CT molecular complexity index is 465. The molecule has 0 aliphatic rings. The van der Waals surface area contributed by atoms with E-state index in [0.29, 0.717) is 13.1 Å². The molecule has 0 fully saturated rings. The lowest BCUT2D eigenvalue weighted by Crippen LogP contribution is -2.34. The largest absolute Gasteiger partial charge is 0.343 e. The van der Waals surface area contributed by atoms with Gasteiger partial charge in [-0.25, -0.2) is 13.1 Å². The number of carbonyl (C=O) groups is 1.